The Labute approximate surface area is 138 Å². The molecule has 0 saturated heterocycles. The van der Waals surface area contributed by atoms with Crippen molar-refractivity contribution >= 4 is 32.7 Å². The first-order valence-electron chi connectivity index (χ1n) is 7.13. The van der Waals surface area contributed by atoms with Crippen molar-refractivity contribution in [3.8, 4) is 0 Å². The number of amides is 1. The van der Waals surface area contributed by atoms with Gasteiger partial charge in [0.25, 0.3) is 5.91 Å². The molecular formula is C18H17BrN2O. The van der Waals surface area contributed by atoms with Gasteiger partial charge >= 0.3 is 0 Å². The Balaban J connectivity index is 1.75. The highest BCUT2D eigenvalue weighted by Crippen LogP contribution is 2.20. The molecule has 1 amide bonds. The van der Waals surface area contributed by atoms with Crippen LogP contribution < -0.4 is 5.32 Å². The fraction of sp³-hybridized carbons (Fsp3) is 0.167. The average molecular weight is 357 g/mol. The summed E-state index contributed by atoms with van der Waals surface area (Å²) in [5.74, 6) is -0.0642. The van der Waals surface area contributed by atoms with Gasteiger partial charge < -0.3 is 9.88 Å². The van der Waals surface area contributed by atoms with Crippen molar-refractivity contribution in [1.29, 1.82) is 0 Å². The van der Waals surface area contributed by atoms with Gasteiger partial charge in [0.1, 0.15) is 0 Å². The van der Waals surface area contributed by atoms with E-state index in [1.807, 2.05) is 24.3 Å². The Morgan fingerprint density at radius 1 is 1.18 bits per heavy atom. The van der Waals surface area contributed by atoms with Gasteiger partial charge in [0.2, 0.25) is 0 Å². The zero-order valence-electron chi connectivity index (χ0n) is 12.6. The molecule has 22 heavy (non-hydrogen) atoms. The third-order valence-corrected chi connectivity index (χ3v) is 4.38. The normalized spacial score (nSPS) is 10.9. The van der Waals surface area contributed by atoms with E-state index in [1.165, 1.54) is 16.6 Å². The van der Waals surface area contributed by atoms with Gasteiger partial charge in [0.15, 0.2) is 0 Å². The van der Waals surface area contributed by atoms with Gasteiger partial charge in [0, 0.05) is 40.2 Å². The van der Waals surface area contributed by atoms with E-state index in [9.17, 15) is 4.79 Å². The van der Waals surface area contributed by atoms with Gasteiger partial charge in [-0.05, 0) is 48.9 Å². The number of hydrogen-bond donors (Lipinski definition) is 1. The van der Waals surface area contributed by atoms with Crippen molar-refractivity contribution in [1.82, 2.24) is 9.88 Å². The largest absolute Gasteiger partial charge is 0.348 e. The van der Waals surface area contributed by atoms with Crippen molar-refractivity contribution in [3.63, 3.8) is 0 Å². The quantitative estimate of drug-likeness (QED) is 0.750. The van der Waals surface area contributed by atoms with Gasteiger partial charge in [-0.1, -0.05) is 28.1 Å². The second-order valence-electron chi connectivity index (χ2n) is 5.43. The summed E-state index contributed by atoms with van der Waals surface area (Å²) in [5, 5.41) is 4.16. The summed E-state index contributed by atoms with van der Waals surface area (Å²) in [7, 11) is 2.06. The van der Waals surface area contributed by atoms with E-state index in [2.05, 4.69) is 64.1 Å². The van der Waals surface area contributed by atoms with Crippen LogP contribution in [0.25, 0.3) is 10.9 Å². The predicted octanol–water partition coefficient (Wildman–Crippen LogP) is 4.18. The van der Waals surface area contributed by atoms with Crippen LogP contribution in [0.2, 0.25) is 0 Å². The molecule has 1 heterocycles. The van der Waals surface area contributed by atoms with E-state index in [1.54, 1.807) is 0 Å². The van der Waals surface area contributed by atoms with Crippen LogP contribution in [0.3, 0.4) is 0 Å². The molecular weight excluding hydrogens is 340 g/mol. The second kappa shape index (κ2) is 5.97. The van der Waals surface area contributed by atoms with Crippen LogP contribution in [0.5, 0.6) is 0 Å². The molecule has 0 radical (unpaired) electrons. The lowest BCUT2D eigenvalue weighted by atomic mass is 10.1. The van der Waals surface area contributed by atoms with E-state index in [0.717, 1.165) is 10.0 Å². The van der Waals surface area contributed by atoms with E-state index < -0.39 is 0 Å². The SMILES string of the molecule is Cc1cc2cc(CNC(=O)c3cccc(Br)c3)ccc2n1C. The van der Waals surface area contributed by atoms with Crippen LogP contribution in [-0.2, 0) is 13.6 Å². The van der Waals surface area contributed by atoms with Crippen molar-refractivity contribution < 1.29 is 4.79 Å². The van der Waals surface area contributed by atoms with E-state index >= 15 is 0 Å². The standard InChI is InChI=1S/C18H17BrN2O/c1-12-8-15-9-13(6-7-17(15)21(12)2)11-20-18(22)14-4-3-5-16(19)10-14/h3-10H,11H2,1-2H3,(H,20,22). The third-order valence-electron chi connectivity index (χ3n) is 3.89. The molecule has 3 rings (SSSR count). The molecule has 0 atom stereocenters. The maximum atomic E-state index is 12.2. The first-order valence-corrected chi connectivity index (χ1v) is 7.92. The summed E-state index contributed by atoms with van der Waals surface area (Å²) in [6.45, 7) is 2.62. The van der Waals surface area contributed by atoms with Gasteiger partial charge in [-0.2, -0.15) is 0 Å². The van der Waals surface area contributed by atoms with E-state index in [0.29, 0.717) is 12.1 Å². The summed E-state index contributed by atoms with van der Waals surface area (Å²) in [5.41, 5.74) is 4.19. The zero-order valence-corrected chi connectivity index (χ0v) is 14.1. The zero-order chi connectivity index (χ0) is 15.7. The molecule has 0 bridgehead atoms. The number of aryl methyl sites for hydroxylation is 2. The molecule has 0 aliphatic rings. The summed E-state index contributed by atoms with van der Waals surface area (Å²) in [6, 6.07) is 15.8. The van der Waals surface area contributed by atoms with Crippen LogP contribution in [0.15, 0.2) is 53.0 Å². The van der Waals surface area contributed by atoms with Crippen molar-refractivity contribution in [2.45, 2.75) is 13.5 Å². The van der Waals surface area contributed by atoms with Crippen molar-refractivity contribution in [2.24, 2.45) is 7.05 Å². The number of fused-ring (bicyclic) bond motifs is 1. The highest BCUT2D eigenvalue weighted by atomic mass is 79.9. The summed E-state index contributed by atoms with van der Waals surface area (Å²) in [4.78, 5) is 12.2. The predicted molar refractivity (Wildman–Crippen MR) is 93.0 cm³/mol. The molecule has 0 aliphatic carbocycles. The minimum atomic E-state index is -0.0642. The molecule has 112 valence electrons. The Morgan fingerprint density at radius 2 is 2.00 bits per heavy atom. The lowest BCUT2D eigenvalue weighted by molar-refractivity contribution is 0.0951. The molecule has 3 nitrogen and oxygen atoms in total. The second-order valence-corrected chi connectivity index (χ2v) is 6.35. The molecule has 4 heteroatoms. The van der Waals surface area contributed by atoms with Gasteiger partial charge in [-0.3, -0.25) is 4.79 Å². The van der Waals surface area contributed by atoms with Gasteiger partial charge in [0.05, 0.1) is 0 Å². The molecule has 2 aromatic carbocycles. The molecule has 0 spiro atoms. The Hall–Kier alpha value is -2.07. The van der Waals surface area contributed by atoms with Gasteiger partial charge in [-0.15, -0.1) is 0 Å². The third kappa shape index (κ3) is 2.92. The number of benzene rings is 2. The summed E-state index contributed by atoms with van der Waals surface area (Å²) < 4.78 is 3.07. The molecule has 0 saturated carbocycles. The average Bonchev–Trinajstić information content (AvgIpc) is 2.79. The highest BCUT2D eigenvalue weighted by Gasteiger charge is 2.07. The molecule has 0 fully saturated rings. The van der Waals surface area contributed by atoms with E-state index in [-0.39, 0.29) is 5.91 Å². The number of hydrogen-bond acceptors (Lipinski definition) is 1. The number of carbonyl (C=O) groups is 1. The molecule has 3 aromatic rings. The molecule has 1 N–H and O–H groups in total. The number of halogens is 1. The Kier molecular flexibility index (Phi) is 4.03. The van der Waals surface area contributed by atoms with Crippen molar-refractivity contribution in [2.75, 3.05) is 0 Å². The number of nitrogens with zero attached hydrogens (tertiary/aromatic N) is 1. The number of nitrogens with one attached hydrogen (secondary N) is 1. The van der Waals surface area contributed by atoms with Crippen LogP contribution in [0.1, 0.15) is 21.6 Å². The monoisotopic (exact) mass is 356 g/mol. The number of rotatable bonds is 3. The minimum absolute atomic E-state index is 0.0642. The van der Waals surface area contributed by atoms with Crippen molar-refractivity contribution in [3.05, 3.63) is 69.8 Å². The molecule has 1 aromatic heterocycles. The lowest BCUT2D eigenvalue weighted by Gasteiger charge is -2.06. The topological polar surface area (TPSA) is 34.0 Å². The lowest BCUT2D eigenvalue weighted by Crippen LogP contribution is -2.22. The van der Waals surface area contributed by atoms with Gasteiger partial charge in [-0.25, -0.2) is 0 Å². The first kappa shape index (κ1) is 14.9. The van der Waals surface area contributed by atoms with E-state index in [4.69, 9.17) is 0 Å². The Bertz CT molecular complexity index is 851. The Morgan fingerprint density at radius 3 is 2.77 bits per heavy atom. The first-order chi connectivity index (χ1) is 10.5. The smallest absolute Gasteiger partial charge is 0.251 e. The maximum Gasteiger partial charge on any atom is 0.251 e. The fourth-order valence-corrected chi connectivity index (χ4v) is 2.96. The molecule has 0 unspecified atom stereocenters. The van der Waals surface area contributed by atoms with Crippen LogP contribution in [0.4, 0.5) is 0 Å². The summed E-state index contributed by atoms with van der Waals surface area (Å²) >= 11 is 3.38. The fourth-order valence-electron chi connectivity index (χ4n) is 2.56. The molecule has 0 aliphatic heterocycles. The highest BCUT2D eigenvalue weighted by molar-refractivity contribution is 9.10. The number of carbonyl (C=O) groups excluding carboxylic acids is 1. The van der Waals surface area contributed by atoms with Crippen LogP contribution in [-0.4, -0.2) is 10.5 Å². The summed E-state index contributed by atoms with van der Waals surface area (Å²) in [6.07, 6.45) is 0. The van der Waals surface area contributed by atoms with Crippen LogP contribution in [0, 0.1) is 6.92 Å². The number of aromatic nitrogens is 1. The maximum absolute atomic E-state index is 12.2. The minimum Gasteiger partial charge on any atom is -0.348 e. The van der Waals surface area contributed by atoms with Crippen LogP contribution >= 0.6 is 15.9 Å².